The van der Waals surface area contributed by atoms with E-state index >= 15 is 0 Å². The van der Waals surface area contributed by atoms with Crippen LogP contribution in [0.2, 0.25) is 0 Å². The van der Waals surface area contributed by atoms with Crippen molar-refractivity contribution in [2.45, 2.75) is 26.7 Å². The normalized spacial score (nSPS) is 11.9. The summed E-state index contributed by atoms with van der Waals surface area (Å²) >= 11 is 2.16. The molecule has 0 aliphatic carbocycles. The summed E-state index contributed by atoms with van der Waals surface area (Å²) in [4.78, 5) is 0. The van der Waals surface area contributed by atoms with E-state index in [9.17, 15) is 0 Å². The van der Waals surface area contributed by atoms with Crippen LogP contribution in [0, 0.1) is 17.8 Å². The van der Waals surface area contributed by atoms with Crippen molar-refractivity contribution in [3.63, 3.8) is 0 Å². The summed E-state index contributed by atoms with van der Waals surface area (Å²) in [5.41, 5.74) is 0. The summed E-state index contributed by atoms with van der Waals surface area (Å²) in [5.74, 6) is 6.66. The lowest BCUT2D eigenvalue weighted by atomic mass is 10.1. The Morgan fingerprint density at radius 2 is 2.30 bits per heavy atom. The average Bonchev–Trinajstić information content (AvgIpc) is 1.90. The van der Waals surface area contributed by atoms with Gasteiger partial charge in [0.2, 0.25) is 0 Å². The summed E-state index contributed by atoms with van der Waals surface area (Å²) < 4.78 is 3.10. The molecule has 0 amide bonds. The molecule has 0 saturated heterocycles. The molecule has 0 saturated carbocycles. The number of rotatable bonds is 4. The Balaban J connectivity index is 3.57. The summed E-state index contributed by atoms with van der Waals surface area (Å²) in [7, 11) is 0. The number of hydrogen-bond acceptors (Lipinski definition) is 1. The van der Waals surface area contributed by atoms with Gasteiger partial charge < -0.3 is 0 Å². The van der Waals surface area contributed by atoms with Crippen LogP contribution in [-0.4, -0.2) is 6.54 Å². The van der Waals surface area contributed by atoms with E-state index in [1.807, 2.05) is 6.92 Å². The number of hydrogen-bond donors (Lipinski definition) is 1. The van der Waals surface area contributed by atoms with Gasteiger partial charge in [-0.2, -0.15) is 0 Å². The van der Waals surface area contributed by atoms with Crippen LogP contribution in [0.25, 0.3) is 0 Å². The Morgan fingerprint density at radius 1 is 1.60 bits per heavy atom. The maximum Gasteiger partial charge on any atom is 0.0335 e. The molecule has 1 unspecified atom stereocenters. The van der Waals surface area contributed by atoms with Gasteiger partial charge in [0.25, 0.3) is 0 Å². The van der Waals surface area contributed by atoms with E-state index < -0.39 is 0 Å². The zero-order valence-corrected chi connectivity index (χ0v) is 8.73. The first-order valence-electron chi connectivity index (χ1n) is 3.60. The van der Waals surface area contributed by atoms with Gasteiger partial charge in [-0.15, -0.1) is 5.92 Å². The summed E-state index contributed by atoms with van der Waals surface area (Å²) in [6.07, 6.45) is 2.43. The van der Waals surface area contributed by atoms with Crippen LogP contribution in [0.5, 0.6) is 0 Å². The zero-order chi connectivity index (χ0) is 7.82. The van der Waals surface area contributed by atoms with Crippen LogP contribution in [0.4, 0.5) is 0 Å². The fraction of sp³-hybridized carbons (Fsp3) is 0.750. The van der Waals surface area contributed by atoms with Crippen LogP contribution < -0.4 is 3.53 Å². The van der Waals surface area contributed by atoms with Crippen molar-refractivity contribution in [1.29, 1.82) is 0 Å². The topological polar surface area (TPSA) is 12.0 Å². The van der Waals surface area contributed by atoms with Crippen LogP contribution in [0.15, 0.2) is 0 Å². The monoisotopic (exact) mass is 251 g/mol. The molecule has 1 nitrogen and oxygen atoms in total. The molecular weight excluding hydrogens is 237 g/mol. The molecule has 0 aliphatic heterocycles. The van der Waals surface area contributed by atoms with E-state index in [2.05, 4.69) is 45.2 Å². The fourth-order valence-electron chi connectivity index (χ4n) is 0.871. The molecule has 0 aliphatic rings. The van der Waals surface area contributed by atoms with Crippen LogP contribution in [0.1, 0.15) is 26.7 Å². The third-order valence-electron chi connectivity index (χ3n) is 1.31. The lowest BCUT2D eigenvalue weighted by Gasteiger charge is -2.05. The highest BCUT2D eigenvalue weighted by molar-refractivity contribution is 14.1. The molecule has 2 heteroatoms. The zero-order valence-electron chi connectivity index (χ0n) is 6.58. The minimum absolute atomic E-state index is 0.548. The maximum atomic E-state index is 3.17. The van der Waals surface area contributed by atoms with E-state index in [4.69, 9.17) is 0 Å². The van der Waals surface area contributed by atoms with Gasteiger partial charge in [-0.3, -0.25) is 3.53 Å². The van der Waals surface area contributed by atoms with E-state index in [0.717, 1.165) is 6.54 Å². The van der Waals surface area contributed by atoms with Crippen LogP contribution in [-0.2, 0) is 0 Å². The van der Waals surface area contributed by atoms with E-state index in [0.29, 0.717) is 5.92 Å². The highest BCUT2D eigenvalue weighted by atomic mass is 127. The SMILES string of the molecule is CC#CC(CCC)CNI. The third kappa shape index (κ3) is 5.07. The second kappa shape index (κ2) is 7.36. The van der Waals surface area contributed by atoms with E-state index in [-0.39, 0.29) is 0 Å². The first kappa shape index (κ1) is 10.2. The molecule has 0 bridgehead atoms. The first-order valence-corrected chi connectivity index (χ1v) is 4.68. The third-order valence-corrected chi connectivity index (χ3v) is 1.75. The number of halogens is 1. The highest BCUT2D eigenvalue weighted by Gasteiger charge is 2.00. The van der Waals surface area contributed by atoms with Gasteiger partial charge in [0.1, 0.15) is 0 Å². The van der Waals surface area contributed by atoms with Crippen LogP contribution in [0.3, 0.4) is 0 Å². The van der Waals surface area contributed by atoms with Crippen molar-refractivity contribution in [3.05, 3.63) is 0 Å². The van der Waals surface area contributed by atoms with Gasteiger partial charge in [-0.25, -0.2) is 0 Å². The van der Waals surface area contributed by atoms with Crippen molar-refractivity contribution in [3.8, 4) is 11.8 Å². The lowest BCUT2D eigenvalue weighted by molar-refractivity contribution is 0.599. The second-order valence-corrected chi connectivity index (χ2v) is 2.98. The van der Waals surface area contributed by atoms with Crippen molar-refractivity contribution < 1.29 is 0 Å². The minimum Gasteiger partial charge on any atom is -0.260 e. The fourth-order valence-corrected chi connectivity index (χ4v) is 1.40. The van der Waals surface area contributed by atoms with Crippen molar-refractivity contribution in [2.75, 3.05) is 6.54 Å². The quantitative estimate of drug-likeness (QED) is 0.459. The standard InChI is InChI=1S/C8H14IN/c1-3-5-8(6-4-2)7-10-9/h8,10H,3,5,7H2,1-2H3. The molecule has 0 heterocycles. The number of nitrogens with one attached hydrogen (secondary N) is 1. The predicted octanol–water partition coefficient (Wildman–Crippen LogP) is 2.37. The Kier molecular flexibility index (Phi) is 7.54. The molecule has 0 aromatic rings. The molecule has 10 heavy (non-hydrogen) atoms. The summed E-state index contributed by atoms with van der Waals surface area (Å²) in [5, 5.41) is 0. The molecule has 0 radical (unpaired) electrons. The predicted molar refractivity (Wildman–Crippen MR) is 53.9 cm³/mol. The molecule has 0 aromatic heterocycles. The van der Waals surface area contributed by atoms with Crippen LogP contribution >= 0.6 is 22.9 Å². The van der Waals surface area contributed by atoms with Crippen molar-refractivity contribution >= 4 is 22.9 Å². The highest BCUT2D eigenvalue weighted by Crippen LogP contribution is 2.03. The van der Waals surface area contributed by atoms with E-state index in [1.165, 1.54) is 12.8 Å². The molecule has 1 N–H and O–H groups in total. The van der Waals surface area contributed by atoms with E-state index in [1.54, 1.807) is 0 Å². The molecule has 0 aromatic carbocycles. The van der Waals surface area contributed by atoms with Gasteiger partial charge in [0, 0.05) is 35.3 Å². The Hall–Kier alpha value is 0.250. The molecular formula is C8H14IN. The lowest BCUT2D eigenvalue weighted by Crippen LogP contribution is -2.12. The van der Waals surface area contributed by atoms with Gasteiger partial charge in [0.05, 0.1) is 0 Å². The van der Waals surface area contributed by atoms with Crippen molar-refractivity contribution in [2.24, 2.45) is 5.92 Å². The first-order chi connectivity index (χ1) is 4.85. The second-order valence-electron chi connectivity index (χ2n) is 2.22. The Morgan fingerprint density at radius 3 is 2.70 bits per heavy atom. The maximum absolute atomic E-state index is 3.17. The van der Waals surface area contributed by atoms with Gasteiger partial charge in [-0.1, -0.05) is 19.3 Å². The van der Waals surface area contributed by atoms with Gasteiger partial charge in [-0.05, 0) is 13.3 Å². The summed E-state index contributed by atoms with van der Waals surface area (Å²) in [6, 6.07) is 0. The summed E-state index contributed by atoms with van der Waals surface area (Å²) in [6.45, 7) is 5.10. The van der Waals surface area contributed by atoms with Gasteiger partial charge in [0.15, 0.2) is 0 Å². The molecule has 1 atom stereocenters. The van der Waals surface area contributed by atoms with Crippen molar-refractivity contribution in [1.82, 2.24) is 3.53 Å². The minimum atomic E-state index is 0.548. The molecule has 0 rings (SSSR count). The smallest absolute Gasteiger partial charge is 0.0335 e. The Labute approximate surface area is 77.5 Å². The largest absolute Gasteiger partial charge is 0.260 e. The average molecular weight is 251 g/mol. The molecule has 0 spiro atoms. The Bertz CT molecular complexity index is 117. The molecule has 0 fully saturated rings. The molecule has 58 valence electrons. The van der Waals surface area contributed by atoms with Gasteiger partial charge >= 0.3 is 0 Å².